The molecular weight excluding hydrogens is 414 g/mol. The molecule has 130 valence electrons. The standard InChI is InChI=1S/C19H14BrN3O2S/c20-14-5-1-12(2-6-14)16-9-10-18(25)23(22-16)19-21-17(11-26-19)13-3-7-15(24)8-4-13/h1-8,11,24H,9-10H2. The normalized spacial score (nSPS) is 14.4. The maximum absolute atomic E-state index is 12.4. The van der Waals surface area contributed by atoms with E-state index < -0.39 is 0 Å². The fourth-order valence-electron chi connectivity index (χ4n) is 2.68. The number of amides is 1. The zero-order valence-corrected chi connectivity index (χ0v) is 16.0. The van der Waals surface area contributed by atoms with Crippen LogP contribution in [0.25, 0.3) is 11.3 Å². The van der Waals surface area contributed by atoms with Crippen LogP contribution in [0.1, 0.15) is 18.4 Å². The Balaban J connectivity index is 1.65. The summed E-state index contributed by atoms with van der Waals surface area (Å²) in [6, 6.07) is 14.7. The average molecular weight is 428 g/mol. The van der Waals surface area contributed by atoms with Gasteiger partial charge in [-0.3, -0.25) is 4.79 Å². The summed E-state index contributed by atoms with van der Waals surface area (Å²) in [7, 11) is 0. The molecule has 5 nitrogen and oxygen atoms in total. The lowest BCUT2D eigenvalue weighted by molar-refractivity contribution is -0.118. The molecular formula is C19H14BrN3O2S. The molecule has 0 unspecified atom stereocenters. The van der Waals surface area contributed by atoms with Gasteiger partial charge in [0.15, 0.2) is 0 Å². The lowest BCUT2D eigenvalue weighted by Crippen LogP contribution is -2.31. The van der Waals surface area contributed by atoms with Gasteiger partial charge in [-0.2, -0.15) is 10.1 Å². The van der Waals surface area contributed by atoms with Crippen LogP contribution in [0, 0.1) is 0 Å². The quantitative estimate of drug-likeness (QED) is 0.651. The Labute approximate surface area is 162 Å². The molecule has 1 amide bonds. The number of aromatic nitrogens is 1. The van der Waals surface area contributed by atoms with Crippen LogP contribution >= 0.6 is 27.3 Å². The van der Waals surface area contributed by atoms with Crippen molar-refractivity contribution in [3.63, 3.8) is 0 Å². The monoisotopic (exact) mass is 427 g/mol. The second-order valence-electron chi connectivity index (χ2n) is 5.82. The molecule has 2 heterocycles. The molecule has 26 heavy (non-hydrogen) atoms. The Kier molecular flexibility index (Phi) is 4.57. The first-order chi connectivity index (χ1) is 12.6. The number of hydrazone groups is 1. The molecule has 4 rings (SSSR count). The lowest BCUT2D eigenvalue weighted by atomic mass is 10.0. The predicted octanol–water partition coefficient (Wildman–Crippen LogP) is 4.81. The van der Waals surface area contributed by atoms with Gasteiger partial charge >= 0.3 is 0 Å². The minimum absolute atomic E-state index is 0.0579. The number of rotatable bonds is 3. The number of thiazole rings is 1. The van der Waals surface area contributed by atoms with Gasteiger partial charge in [-0.15, -0.1) is 11.3 Å². The first kappa shape index (κ1) is 16.9. The van der Waals surface area contributed by atoms with Gasteiger partial charge in [0.2, 0.25) is 11.0 Å². The molecule has 0 radical (unpaired) electrons. The molecule has 2 aromatic carbocycles. The van der Waals surface area contributed by atoms with E-state index in [1.165, 1.54) is 16.3 Å². The van der Waals surface area contributed by atoms with Crippen molar-refractivity contribution in [2.24, 2.45) is 5.10 Å². The van der Waals surface area contributed by atoms with E-state index in [0.717, 1.165) is 27.0 Å². The van der Waals surface area contributed by atoms with Gasteiger partial charge in [-0.1, -0.05) is 28.1 Å². The van der Waals surface area contributed by atoms with E-state index in [1.54, 1.807) is 24.3 Å². The van der Waals surface area contributed by atoms with Crippen molar-refractivity contribution in [1.82, 2.24) is 4.98 Å². The number of aromatic hydroxyl groups is 1. The van der Waals surface area contributed by atoms with Crippen LogP contribution in [-0.4, -0.2) is 21.7 Å². The van der Waals surface area contributed by atoms with Crippen LogP contribution < -0.4 is 5.01 Å². The maximum atomic E-state index is 12.4. The zero-order valence-electron chi connectivity index (χ0n) is 13.6. The van der Waals surface area contributed by atoms with Crippen molar-refractivity contribution in [2.75, 3.05) is 5.01 Å². The third-order valence-electron chi connectivity index (χ3n) is 4.05. The molecule has 0 fully saturated rings. The molecule has 0 saturated heterocycles. The molecule has 1 aromatic heterocycles. The Bertz CT molecular complexity index is 981. The number of phenolic OH excluding ortho intramolecular Hbond substituents is 1. The molecule has 0 spiro atoms. The van der Waals surface area contributed by atoms with Crippen molar-refractivity contribution < 1.29 is 9.90 Å². The summed E-state index contributed by atoms with van der Waals surface area (Å²) in [5.74, 6) is 0.150. The summed E-state index contributed by atoms with van der Waals surface area (Å²) < 4.78 is 1.00. The second-order valence-corrected chi connectivity index (χ2v) is 7.57. The van der Waals surface area contributed by atoms with E-state index in [0.29, 0.717) is 18.0 Å². The first-order valence-electron chi connectivity index (χ1n) is 8.01. The van der Waals surface area contributed by atoms with Crippen LogP contribution in [0.4, 0.5) is 5.13 Å². The second kappa shape index (κ2) is 7.01. The van der Waals surface area contributed by atoms with Gasteiger partial charge < -0.3 is 5.11 Å². The summed E-state index contributed by atoms with van der Waals surface area (Å²) in [4.78, 5) is 16.9. The highest BCUT2D eigenvalue weighted by atomic mass is 79.9. The number of nitrogens with zero attached hydrogens (tertiary/aromatic N) is 3. The summed E-state index contributed by atoms with van der Waals surface area (Å²) in [5, 5.41) is 17.8. The highest BCUT2D eigenvalue weighted by Crippen LogP contribution is 2.31. The molecule has 0 saturated carbocycles. The number of carbonyl (C=O) groups is 1. The predicted molar refractivity (Wildman–Crippen MR) is 107 cm³/mol. The van der Waals surface area contributed by atoms with Gasteiger partial charge in [-0.05, 0) is 42.0 Å². The van der Waals surface area contributed by atoms with E-state index in [4.69, 9.17) is 0 Å². The minimum Gasteiger partial charge on any atom is -0.508 e. The number of anilines is 1. The lowest BCUT2D eigenvalue weighted by Gasteiger charge is -2.21. The SMILES string of the molecule is O=C1CCC(c2ccc(Br)cc2)=NN1c1nc(-c2ccc(O)cc2)cs1. The molecule has 1 aliphatic rings. The fourth-order valence-corrected chi connectivity index (χ4v) is 3.74. The summed E-state index contributed by atoms with van der Waals surface area (Å²) in [5.41, 5.74) is 3.51. The molecule has 7 heteroatoms. The Morgan fingerprint density at radius 3 is 2.42 bits per heavy atom. The van der Waals surface area contributed by atoms with Crippen molar-refractivity contribution in [3.05, 3.63) is 63.9 Å². The van der Waals surface area contributed by atoms with Crippen LogP contribution in [-0.2, 0) is 4.79 Å². The zero-order chi connectivity index (χ0) is 18.1. The molecule has 3 aromatic rings. The minimum atomic E-state index is -0.0579. The number of benzene rings is 2. The van der Waals surface area contributed by atoms with Gasteiger partial charge in [0.1, 0.15) is 5.75 Å². The van der Waals surface area contributed by atoms with Crippen molar-refractivity contribution in [3.8, 4) is 17.0 Å². The van der Waals surface area contributed by atoms with Crippen LogP contribution in [0.15, 0.2) is 63.5 Å². The van der Waals surface area contributed by atoms with Gasteiger partial charge in [-0.25, -0.2) is 4.98 Å². The maximum Gasteiger partial charge on any atom is 0.249 e. The van der Waals surface area contributed by atoms with Crippen LogP contribution in [0.5, 0.6) is 5.75 Å². The largest absolute Gasteiger partial charge is 0.508 e. The first-order valence-corrected chi connectivity index (χ1v) is 9.69. The highest BCUT2D eigenvalue weighted by Gasteiger charge is 2.25. The molecule has 1 aliphatic heterocycles. The number of phenols is 1. The number of hydrogen-bond donors (Lipinski definition) is 1. The Morgan fingerprint density at radius 2 is 1.69 bits per heavy atom. The van der Waals surface area contributed by atoms with Gasteiger partial charge in [0, 0.05) is 28.3 Å². The van der Waals surface area contributed by atoms with Gasteiger partial charge in [0.25, 0.3) is 0 Å². The van der Waals surface area contributed by atoms with Crippen LogP contribution in [0.3, 0.4) is 0 Å². The summed E-state index contributed by atoms with van der Waals surface area (Å²) in [6.07, 6.45) is 1.02. The van der Waals surface area contributed by atoms with E-state index in [9.17, 15) is 9.90 Å². The average Bonchev–Trinajstić information content (AvgIpc) is 3.13. The number of carbonyl (C=O) groups excluding carboxylic acids is 1. The van der Waals surface area contributed by atoms with Crippen molar-refractivity contribution in [1.29, 1.82) is 0 Å². The molecule has 1 N–H and O–H groups in total. The fraction of sp³-hybridized carbons (Fsp3) is 0.105. The van der Waals surface area contributed by atoms with Crippen LogP contribution in [0.2, 0.25) is 0 Å². The van der Waals surface area contributed by atoms with Crippen molar-refractivity contribution >= 4 is 44.0 Å². The van der Waals surface area contributed by atoms with E-state index >= 15 is 0 Å². The Hall–Kier alpha value is -2.51. The summed E-state index contributed by atoms with van der Waals surface area (Å²) in [6.45, 7) is 0. The third-order valence-corrected chi connectivity index (χ3v) is 5.39. The van der Waals surface area contributed by atoms with Gasteiger partial charge in [0.05, 0.1) is 11.4 Å². The van der Waals surface area contributed by atoms with E-state index in [2.05, 4.69) is 26.0 Å². The number of hydrogen-bond acceptors (Lipinski definition) is 5. The number of halogens is 1. The molecule has 0 aliphatic carbocycles. The molecule has 0 atom stereocenters. The van der Waals surface area contributed by atoms with Crippen molar-refractivity contribution in [2.45, 2.75) is 12.8 Å². The molecule has 0 bridgehead atoms. The highest BCUT2D eigenvalue weighted by molar-refractivity contribution is 9.10. The third kappa shape index (κ3) is 3.40. The topological polar surface area (TPSA) is 65.8 Å². The Morgan fingerprint density at radius 1 is 1.00 bits per heavy atom. The van der Waals surface area contributed by atoms with E-state index in [-0.39, 0.29) is 11.7 Å². The van der Waals surface area contributed by atoms with E-state index in [1.807, 2.05) is 29.6 Å². The summed E-state index contributed by atoms with van der Waals surface area (Å²) >= 11 is 4.80. The smallest absolute Gasteiger partial charge is 0.249 e.